The summed E-state index contributed by atoms with van der Waals surface area (Å²) >= 11 is 0. The molecule has 3 saturated carbocycles. The number of aliphatic hydroxyl groups is 2. The summed E-state index contributed by atoms with van der Waals surface area (Å²) in [6.45, 7) is 8.17. The number of hydrogen-bond donors (Lipinski definition) is 2. The number of hydrogen-bond acceptors (Lipinski definition) is 4. The van der Waals surface area contributed by atoms with Gasteiger partial charge in [-0.05, 0) is 89.4 Å². The van der Waals surface area contributed by atoms with Gasteiger partial charge < -0.3 is 10.2 Å². The van der Waals surface area contributed by atoms with Crippen LogP contribution in [0.3, 0.4) is 0 Å². The van der Waals surface area contributed by atoms with Crippen LogP contribution in [0.15, 0.2) is 0 Å². The molecule has 0 aromatic heterocycles. The Labute approximate surface area is 153 Å². The van der Waals surface area contributed by atoms with E-state index >= 15 is 0 Å². The number of fused-ring (bicyclic) bond motifs is 2. The summed E-state index contributed by atoms with van der Waals surface area (Å²) in [6.07, 6.45) is 9.41. The molecule has 0 aromatic rings. The molecular formula is C21H38O4. The Morgan fingerprint density at radius 3 is 2.32 bits per heavy atom. The van der Waals surface area contributed by atoms with Gasteiger partial charge in [-0.3, -0.25) is 0 Å². The van der Waals surface area contributed by atoms with Crippen LogP contribution in [-0.2, 0) is 9.78 Å². The minimum absolute atomic E-state index is 0.0769. The molecule has 3 fully saturated rings. The van der Waals surface area contributed by atoms with Crippen molar-refractivity contribution < 1.29 is 20.0 Å². The molecule has 3 aliphatic carbocycles. The van der Waals surface area contributed by atoms with Gasteiger partial charge in [0.05, 0.1) is 11.7 Å². The van der Waals surface area contributed by atoms with Crippen LogP contribution in [0.5, 0.6) is 0 Å². The van der Waals surface area contributed by atoms with E-state index in [4.69, 9.17) is 9.78 Å². The largest absolute Gasteiger partial charge is 0.390 e. The Hall–Kier alpha value is -0.160. The van der Waals surface area contributed by atoms with Crippen molar-refractivity contribution in [3.05, 3.63) is 0 Å². The predicted octanol–water partition coefficient (Wildman–Crippen LogP) is 4.44. The van der Waals surface area contributed by atoms with Gasteiger partial charge in [0, 0.05) is 11.8 Å². The van der Waals surface area contributed by atoms with E-state index < -0.39 is 11.4 Å². The molecule has 3 aliphatic rings. The second-order valence-electron chi connectivity index (χ2n) is 10.1. The Morgan fingerprint density at radius 1 is 1.00 bits per heavy atom. The van der Waals surface area contributed by atoms with Crippen LogP contribution in [0.1, 0.15) is 85.5 Å². The van der Waals surface area contributed by atoms with E-state index in [2.05, 4.69) is 13.8 Å². The van der Waals surface area contributed by atoms with E-state index in [1.54, 1.807) is 0 Å². The normalized spacial score (nSPS) is 45.4. The zero-order valence-electron chi connectivity index (χ0n) is 16.5. The molecule has 5 unspecified atom stereocenters. The second-order valence-corrected chi connectivity index (χ2v) is 10.1. The molecule has 25 heavy (non-hydrogen) atoms. The molecular weight excluding hydrogens is 316 g/mol. The summed E-state index contributed by atoms with van der Waals surface area (Å²) in [5, 5.41) is 21.2. The monoisotopic (exact) mass is 354 g/mol. The van der Waals surface area contributed by atoms with Crippen LogP contribution in [0.2, 0.25) is 0 Å². The lowest BCUT2D eigenvalue weighted by Gasteiger charge is -2.50. The topological polar surface area (TPSA) is 58.9 Å². The van der Waals surface area contributed by atoms with Gasteiger partial charge in [0.25, 0.3) is 0 Å². The van der Waals surface area contributed by atoms with Gasteiger partial charge in [0.1, 0.15) is 0 Å². The summed E-state index contributed by atoms with van der Waals surface area (Å²) in [4.78, 5) is 11.6. The van der Waals surface area contributed by atoms with Crippen molar-refractivity contribution in [2.75, 3.05) is 0 Å². The fraction of sp³-hybridized carbons (Fsp3) is 1.00. The Kier molecular flexibility index (Phi) is 5.85. The Bertz CT molecular complexity index is 434. The molecule has 4 heteroatoms. The van der Waals surface area contributed by atoms with E-state index in [1.807, 2.05) is 13.8 Å². The number of rotatable bonds is 5. The molecule has 0 amide bonds. The van der Waals surface area contributed by atoms with E-state index in [1.165, 1.54) is 6.42 Å². The van der Waals surface area contributed by atoms with E-state index in [0.29, 0.717) is 11.8 Å². The highest BCUT2D eigenvalue weighted by Gasteiger charge is 2.52. The third-order valence-corrected chi connectivity index (χ3v) is 6.92. The predicted molar refractivity (Wildman–Crippen MR) is 97.6 cm³/mol. The Morgan fingerprint density at radius 2 is 1.68 bits per heavy atom. The van der Waals surface area contributed by atoms with Crippen LogP contribution >= 0.6 is 0 Å². The first kappa shape index (κ1) is 19.6. The van der Waals surface area contributed by atoms with Gasteiger partial charge in [-0.1, -0.05) is 13.8 Å². The van der Waals surface area contributed by atoms with E-state index in [9.17, 15) is 10.2 Å². The molecule has 0 radical (unpaired) electrons. The third-order valence-electron chi connectivity index (χ3n) is 6.92. The zero-order valence-corrected chi connectivity index (χ0v) is 16.5. The fourth-order valence-corrected chi connectivity index (χ4v) is 5.78. The van der Waals surface area contributed by atoms with Crippen LogP contribution in [0.4, 0.5) is 0 Å². The molecule has 3 rings (SSSR count). The second kappa shape index (κ2) is 7.46. The maximum absolute atomic E-state index is 11.2. The molecule has 0 spiro atoms. The van der Waals surface area contributed by atoms with Gasteiger partial charge in [0.15, 0.2) is 0 Å². The summed E-state index contributed by atoms with van der Waals surface area (Å²) in [5.41, 5.74) is -0.588. The van der Waals surface area contributed by atoms with Crippen molar-refractivity contribution in [3.8, 4) is 0 Å². The average Bonchev–Trinajstić information content (AvgIpc) is 2.50. The molecule has 4 nitrogen and oxygen atoms in total. The smallest absolute Gasteiger partial charge is 0.204 e. The van der Waals surface area contributed by atoms with Crippen molar-refractivity contribution in [3.63, 3.8) is 0 Å². The summed E-state index contributed by atoms with van der Waals surface area (Å²) in [5.74, 6) is 1.20. The van der Waals surface area contributed by atoms with Gasteiger partial charge in [-0.2, -0.15) is 0 Å². The lowest BCUT2D eigenvalue weighted by molar-refractivity contribution is -0.472. The fourth-order valence-electron chi connectivity index (χ4n) is 5.78. The van der Waals surface area contributed by atoms with E-state index in [-0.39, 0.29) is 17.9 Å². The summed E-state index contributed by atoms with van der Waals surface area (Å²) in [6, 6.07) is 0. The molecule has 0 saturated heterocycles. The quantitative estimate of drug-likeness (QED) is 0.435. The molecule has 0 heterocycles. The molecule has 5 atom stereocenters. The first-order chi connectivity index (χ1) is 11.7. The highest BCUT2D eigenvalue weighted by molar-refractivity contribution is 4.94. The standard InChI is InChI=1S/C21H38O4/c1-14-9-17-11-15(2)21(23,18(10-14)12-17)25-24-19-7-5-16(6-8-19)13-20(3,4)22/h14-19,22-23H,5-13H2,1-4H3. The molecule has 146 valence electrons. The van der Waals surface area contributed by atoms with Crippen molar-refractivity contribution in [2.24, 2.45) is 29.6 Å². The SMILES string of the molecule is CC1CC2CC(C)C(O)(OOC3CCC(CC(C)(C)O)CC3)C(C1)C2. The van der Waals surface area contributed by atoms with Crippen LogP contribution in [0, 0.1) is 29.6 Å². The molecule has 0 aliphatic heterocycles. The molecule has 2 bridgehead atoms. The van der Waals surface area contributed by atoms with Gasteiger partial charge in [-0.25, -0.2) is 9.78 Å². The maximum Gasteiger partial charge on any atom is 0.204 e. The molecule has 0 aromatic carbocycles. The van der Waals surface area contributed by atoms with Crippen LogP contribution in [-0.4, -0.2) is 27.7 Å². The first-order valence-electron chi connectivity index (χ1n) is 10.4. The maximum atomic E-state index is 11.2. The zero-order chi connectivity index (χ0) is 18.2. The minimum atomic E-state index is -1.12. The summed E-state index contributed by atoms with van der Waals surface area (Å²) in [7, 11) is 0. The molecule has 2 N–H and O–H groups in total. The van der Waals surface area contributed by atoms with Crippen molar-refractivity contribution in [1.29, 1.82) is 0 Å². The van der Waals surface area contributed by atoms with Crippen molar-refractivity contribution in [1.82, 2.24) is 0 Å². The van der Waals surface area contributed by atoms with Gasteiger partial charge >= 0.3 is 0 Å². The van der Waals surface area contributed by atoms with Crippen molar-refractivity contribution >= 4 is 0 Å². The minimum Gasteiger partial charge on any atom is -0.390 e. The summed E-state index contributed by atoms with van der Waals surface area (Å²) < 4.78 is 0. The van der Waals surface area contributed by atoms with Crippen LogP contribution < -0.4 is 0 Å². The first-order valence-corrected chi connectivity index (χ1v) is 10.4. The van der Waals surface area contributed by atoms with Gasteiger partial charge in [0.2, 0.25) is 5.79 Å². The lowest BCUT2D eigenvalue weighted by atomic mass is 9.62. The highest BCUT2D eigenvalue weighted by Crippen LogP contribution is 2.50. The average molecular weight is 355 g/mol. The lowest BCUT2D eigenvalue weighted by Crippen LogP contribution is -2.54. The van der Waals surface area contributed by atoms with E-state index in [0.717, 1.165) is 57.3 Å². The van der Waals surface area contributed by atoms with Gasteiger partial charge in [-0.15, -0.1) is 0 Å². The Balaban J connectivity index is 1.49. The highest BCUT2D eigenvalue weighted by atomic mass is 17.2. The van der Waals surface area contributed by atoms with Crippen LogP contribution in [0.25, 0.3) is 0 Å². The third kappa shape index (κ3) is 4.77. The van der Waals surface area contributed by atoms with Crippen molar-refractivity contribution in [2.45, 2.75) is 103 Å².